The highest BCUT2D eigenvalue weighted by Gasteiger charge is 2.36. The molecular formula is C25H28N2O5S. The second-order valence-electron chi connectivity index (χ2n) is 8.98. The van der Waals surface area contributed by atoms with Crippen LogP contribution >= 0.6 is 0 Å². The van der Waals surface area contributed by atoms with Crippen molar-refractivity contribution >= 4 is 32.4 Å². The molecule has 1 saturated heterocycles. The van der Waals surface area contributed by atoms with Crippen LogP contribution in [0.1, 0.15) is 33.7 Å². The van der Waals surface area contributed by atoms with Gasteiger partial charge in [-0.3, -0.25) is 9.59 Å². The molecule has 0 saturated carbocycles. The first-order valence-corrected chi connectivity index (χ1v) is 12.7. The van der Waals surface area contributed by atoms with Crippen LogP contribution in [0, 0.1) is 13.8 Å². The summed E-state index contributed by atoms with van der Waals surface area (Å²) in [5.74, 6) is -0.604. The number of hydrogen-bond acceptors (Lipinski definition) is 6. The molecule has 1 fully saturated rings. The Morgan fingerprint density at radius 3 is 2.39 bits per heavy atom. The van der Waals surface area contributed by atoms with Crippen LogP contribution in [0.15, 0.2) is 51.7 Å². The lowest BCUT2D eigenvalue weighted by atomic mass is 10.1. The van der Waals surface area contributed by atoms with Crippen molar-refractivity contribution < 1.29 is 17.6 Å². The molecule has 0 bridgehead atoms. The average Bonchev–Trinajstić information content (AvgIpc) is 3.11. The fraction of sp³-hybridized carbons (Fsp3) is 0.360. The highest BCUT2D eigenvalue weighted by molar-refractivity contribution is 7.91. The Bertz CT molecular complexity index is 1370. The molecule has 1 unspecified atom stereocenters. The molecule has 7 nitrogen and oxygen atoms in total. The van der Waals surface area contributed by atoms with Crippen LogP contribution in [0.2, 0.25) is 0 Å². The molecule has 2 aromatic carbocycles. The smallest absolute Gasteiger partial charge is 0.290 e. The quantitative estimate of drug-likeness (QED) is 0.571. The third-order valence-corrected chi connectivity index (χ3v) is 7.84. The van der Waals surface area contributed by atoms with E-state index in [1.807, 2.05) is 63.2 Å². The lowest BCUT2D eigenvalue weighted by Crippen LogP contribution is -2.41. The zero-order valence-corrected chi connectivity index (χ0v) is 20.1. The Balaban J connectivity index is 1.73. The predicted molar refractivity (Wildman–Crippen MR) is 130 cm³/mol. The molecule has 33 heavy (non-hydrogen) atoms. The maximum atomic E-state index is 13.6. The summed E-state index contributed by atoms with van der Waals surface area (Å²) >= 11 is 0. The van der Waals surface area contributed by atoms with E-state index < -0.39 is 21.8 Å². The van der Waals surface area contributed by atoms with Gasteiger partial charge in [0, 0.05) is 38.4 Å². The van der Waals surface area contributed by atoms with Gasteiger partial charge in [-0.2, -0.15) is 0 Å². The van der Waals surface area contributed by atoms with Crippen molar-refractivity contribution in [1.82, 2.24) is 4.90 Å². The van der Waals surface area contributed by atoms with E-state index >= 15 is 0 Å². The number of benzene rings is 2. The van der Waals surface area contributed by atoms with Gasteiger partial charge in [0.1, 0.15) is 5.58 Å². The van der Waals surface area contributed by atoms with E-state index in [9.17, 15) is 18.0 Å². The Morgan fingerprint density at radius 1 is 1.09 bits per heavy atom. The molecule has 174 valence electrons. The zero-order chi connectivity index (χ0) is 23.9. The summed E-state index contributed by atoms with van der Waals surface area (Å²) in [5.41, 5.74) is 3.68. The van der Waals surface area contributed by atoms with Crippen LogP contribution in [-0.4, -0.2) is 50.9 Å². The standard InChI is InChI=1S/C25H28N2O5S/c1-16-11-17(2)24-21(12-16)22(28)13-23(32-24)25(29)27(20-9-10-33(30,31)15-20)14-18-5-7-19(8-6-18)26(3)4/h5-8,11-13,20H,9-10,14-15H2,1-4H3. The second-order valence-corrected chi connectivity index (χ2v) is 11.2. The predicted octanol–water partition coefficient (Wildman–Crippen LogP) is 3.31. The molecule has 1 aromatic heterocycles. The minimum absolute atomic E-state index is 0.0427. The molecule has 3 aromatic rings. The Kier molecular flexibility index (Phi) is 6.05. The van der Waals surface area contributed by atoms with Crippen LogP contribution in [0.3, 0.4) is 0 Å². The van der Waals surface area contributed by atoms with Gasteiger partial charge in [0.2, 0.25) is 0 Å². The van der Waals surface area contributed by atoms with Crippen LogP contribution < -0.4 is 10.3 Å². The van der Waals surface area contributed by atoms with Gasteiger partial charge < -0.3 is 14.2 Å². The normalized spacial score (nSPS) is 17.3. The second kappa shape index (κ2) is 8.67. The minimum atomic E-state index is -3.21. The minimum Gasteiger partial charge on any atom is -0.450 e. The number of carbonyl (C=O) groups excluding carboxylic acids is 1. The molecule has 1 aliphatic rings. The summed E-state index contributed by atoms with van der Waals surface area (Å²) in [6.07, 6.45) is 0.361. The number of hydrogen-bond donors (Lipinski definition) is 0. The number of anilines is 1. The number of nitrogens with zero attached hydrogens (tertiary/aromatic N) is 2. The van der Waals surface area contributed by atoms with Crippen molar-refractivity contribution in [2.75, 3.05) is 30.5 Å². The van der Waals surface area contributed by atoms with Gasteiger partial charge in [-0.15, -0.1) is 0 Å². The number of rotatable bonds is 5. The largest absolute Gasteiger partial charge is 0.450 e. The highest BCUT2D eigenvalue weighted by Crippen LogP contribution is 2.25. The van der Waals surface area contributed by atoms with Crippen molar-refractivity contribution in [3.05, 3.63) is 75.1 Å². The molecule has 0 N–H and O–H groups in total. The maximum Gasteiger partial charge on any atom is 0.290 e. The molecule has 1 aliphatic heterocycles. The summed E-state index contributed by atoms with van der Waals surface area (Å²) in [4.78, 5) is 29.9. The zero-order valence-electron chi connectivity index (χ0n) is 19.3. The summed E-state index contributed by atoms with van der Waals surface area (Å²) < 4.78 is 30.3. The molecule has 0 radical (unpaired) electrons. The Labute approximate surface area is 193 Å². The lowest BCUT2D eigenvalue weighted by Gasteiger charge is -2.28. The maximum absolute atomic E-state index is 13.6. The number of sulfone groups is 1. The summed E-state index contributed by atoms with van der Waals surface area (Å²) in [6.45, 7) is 3.95. The molecule has 2 heterocycles. The van der Waals surface area contributed by atoms with Gasteiger partial charge >= 0.3 is 0 Å². The van der Waals surface area contributed by atoms with E-state index in [-0.39, 0.29) is 29.2 Å². The van der Waals surface area contributed by atoms with Gasteiger partial charge in [-0.25, -0.2) is 8.42 Å². The van der Waals surface area contributed by atoms with Crippen LogP contribution in [0.4, 0.5) is 5.69 Å². The van der Waals surface area contributed by atoms with E-state index in [1.165, 1.54) is 11.0 Å². The molecule has 1 amide bonds. The third-order valence-electron chi connectivity index (χ3n) is 6.09. The van der Waals surface area contributed by atoms with Crippen molar-refractivity contribution in [3.8, 4) is 0 Å². The molecular weight excluding hydrogens is 440 g/mol. The van der Waals surface area contributed by atoms with Crippen molar-refractivity contribution in [1.29, 1.82) is 0 Å². The van der Waals surface area contributed by atoms with Crippen molar-refractivity contribution in [2.24, 2.45) is 0 Å². The Morgan fingerprint density at radius 2 is 1.79 bits per heavy atom. The molecule has 8 heteroatoms. The number of aryl methyl sites for hydroxylation is 2. The molecule has 4 rings (SSSR count). The first-order chi connectivity index (χ1) is 15.5. The molecule has 1 atom stereocenters. The third kappa shape index (κ3) is 4.80. The molecule has 0 spiro atoms. The van der Waals surface area contributed by atoms with Crippen LogP contribution in [0.25, 0.3) is 11.0 Å². The lowest BCUT2D eigenvalue weighted by molar-refractivity contribution is 0.0648. The number of carbonyl (C=O) groups is 1. The van der Waals surface area contributed by atoms with Crippen LogP contribution in [-0.2, 0) is 16.4 Å². The monoisotopic (exact) mass is 468 g/mol. The molecule has 0 aliphatic carbocycles. The fourth-order valence-electron chi connectivity index (χ4n) is 4.34. The van der Waals surface area contributed by atoms with E-state index in [1.54, 1.807) is 6.07 Å². The first-order valence-electron chi connectivity index (χ1n) is 10.9. The number of amides is 1. The van der Waals surface area contributed by atoms with Gasteiger partial charge in [-0.05, 0) is 55.2 Å². The average molecular weight is 469 g/mol. The summed E-state index contributed by atoms with van der Waals surface area (Å²) in [5, 5.41) is 0.429. The van der Waals surface area contributed by atoms with E-state index in [0.29, 0.717) is 17.4 Å². The SMILES string of the molecule is Cc1cc(C)c2oc(C(=O)N(Cc3ccc(N(C)C)cc3)C3CCS(=O)(=O)C3)cc(=O)c2c1. The first kappa shape index (κ1) is 23.0. The van der Waals surface area contributed by atoms with E-state index in [0.717, 1.165) is 22.4 Å². The number of fused-ring (bicyclic) bond motifs is 1. The van der Waals surface area contributed by atoms with Crippen molar-refractivity contribution in [3.63, 3.8) is 0 Å². The summed E-state index contributed by atoms with van der Waals surface area (Å²) in [7, 11) is 0.674. The van der Waals surface area contributed by atoms with Gasteiger partial charge in [0.15, 0.2) is 21.0 Å². The topological polar surface area (TPSA) is 87.9 Å². The van der Waals surface area contributed by atoms with Crippen LogP contribution in [0.5, 0.6) is 0 Å². The Hall–Kier alpha value is -3.13. The van der Waals surface area contributed by atoms with E-state index in [4.69, 9.17) is 4.42 Å². The van der Waals surface area contributed by atoms with Gasteiger partial charge in [-0.1, -0.05) is 18.2 Å². The highest BCUT2D eigenvalue weighted by atomic mass is 32.2. The van der Waals surface area contributed by atoms with Crippen molar-refractivity contribution in [2.45, 2.75) is 32.9 Å². The fourth-order valence-corrected chi connectivity index (χ4v) is 6.07. The summed E-state index contributed by atoms with van der Waals surface area (Å²) in [6, 6.07) is 12.1. The van der Waals surface area contributed by atoms with Gasteiger partial charge in [0.05, 0.1) is 16.9 Å². The van der Waals surface area contributed by atoms with E-state index in [2.05, 4.69) is 0 Å². The van der Waals surface area contributed by atoms with Gasteiger partial charge in [0.25, 0.3) is 5.91 Å².